The molecule has 0 fully saturated rings. The lowest BCUT2D eigenvalue weighted by Crippen LogP contribution is -2.08. The molecule has 0 aliphatic rings. The number of anilines is 1. The zero-order chi connectivity index (χ0) is 12.3. The maximum absolute atomic E-state index is 4.12. The van der Waals surface area contributed by atoms with Crippen LogP contribution in [0.1, 0.15) is 11.3 Å². The summed E-state index contributed by atoms with van der Waals surface area (Å²) < 4.78 is 0.919. The maximum Gasteiger partial charge on any atom is 0.127 e. The first kappa shape index (κ1) is 12.2. The van der Waals surface area contributed by atoms with E-state index in [1.807, 2.05) is 0 Å². The van der Waals surface area contributed by atoms with E-state index in [4.69, 9.17) is 0 Å². The Morgan fingerprint density at radius 3 is 2.41 bits per heavy atom. The standard InChI is InChI=1S/C13H16BrN3/c1-17(2)11-6-3-10(4-7-11)5-8-12-13(14)16-9-15-12/h3-4,6-7,9H,5,8H2,1-2H3,(H,15,16). The first-order chi connectivity index (χ1) is 8.16. The molecule has 0 saturated carbocycles. The molecule has 4 heteroatoms. The lowest BCUT2D eigenvalue weighted by atomic mass is 10.1. The number of halogens is 1. The second-order valence-electron chi connectivity index (χ2n) is 4.23. The van der Waals surface area contributed by atoms with Gasteiger partial charge in [0.25, 0.3) is 0 Å². The maximum atomic E-state index is 4.12. The van der Waals surface area contributed by atoms with E-state index in [1.165, 1.54) is 11.3 Å². The summed E-state index contributed by atoms with van der Waals surface area (Å²) in [5, 5.41) is 0. The number of aromatic amines is 1. The van der Waals surface area contributed by atoms with Gasteiger partial charge in [0, 0.05) is 25.5 Å². The zero-order valence-electron chi connectivity index (χ0n) is 10.1. The van der Waals surface area contributed by atoms with Gasteiger partial charge in [-0.05, 0) is 46.5 Å². The van der Waals surface area contributed by atoms with Crippen molar-refractivity contribution < 1.29 is 0 Å². The van der Waals surface area contributed by atoms with Crippen LogP contribution in [0, 0.1) is 0 Å². The van der Waals surface area contributed by atoms with Gasteiger partial charge in [-0.2, -0.15) is 0 Å². The minimum Gasteiger partial charge on any atom is -0.378 e. The van der Waals surface area contributed by atoms with Crippen LogP contribution in [0.25, 0.3) is 0 Å². The Hall–Kier alpha value is -1.29. The monoisotopic (exact) mass is 293 g/mol. The summed E-state index contributed by atoms with van der Waals surface area (Å²) in [4.78, 5) is 9.37. The lowest BCUT2D eigenvalue weighted by molar-refractivity contribution is 0.919. The van der Waals surface area contributed by atoms with E-state index in [9.17, 15) is 0 Å². The van der Waals surface area contributed by atoms with Crippen LogP contribution in [0.2, 0.25) is 0 Å². The third-order valence-electron chi connectivity index (χ3n) is 2.78. The SMILES string of the molecule is CN(C)c1ccc(CCc2[nH]cnc2Br)cc1. The number of rotatable bonds is 4. The van der Waals surface area contributed by atoms with E-state index in [1.54, 1.807) is 6.33 Å². The third-order valence-corrected chi connectivity index (χ3v) is 3.47. The fourth-order valence-electron chi connectivity index (χ4n) is 1.71. The van der Waals surface area contributed by atoms with Crippen molar-refractivity contribution in [1.29, 1.82) is 0 Å². The number of nitrogens with zero attached hydrogens (tertiary/aromatic N) is 2. The fourth-order valence-corrected chi connectivity index (χ4v) is 2.12. The Balaban J connectivity index is 1.98. The molecule has 1 N–H and O–H groups in total. The predicted octanol–water partition coefficient (Wildman–Crippen LogP) is 3.02. The Kier molecular flexibility index (Phi) is 3.84. The average Bonchev–Trinajstić information content (AvgIpc) is 2.73. The average molecular weight is 294 g/mol. The van der Waals surface area contributed by atoms with Crippen molar-refractivity contribution in [2.45, 2.75) is 12.8 Å². The van der Waals surface area contributed by atoms with Crippen LogP contribution < -0.4 is 4.90 Å². The van der Waals surface area contributed by atoms with Crippen LogP contribution in [0.4, 0.5) is 5.69 Å². The van der Waals surface area contributed by atoms with E-state index < -0.39 is 0 Å². The molecule has 3 nitrogen and oxygen atoms in total. The first-order valence-electron chi connectivity index (χ1n) is 5.61. The van der Waals surface area contributed by atoms with E-state index in [-0.39, 0.29) is 0 Å². The van der Waals surface area contributed by atoms with Crippen molar-refractivity contribution >= 4 is 21.6 Å². The molecule has 2 rings (SSSR count). The summed E-state index contributed by atoms with van der Waals surface area (Å²) in [5.74, 6) is 0. The van der Waals surface area contributed by atoms with Gasteiger partial charge in [-0.1, -0.05) is 12.1 Å². The van der Waals surface area contributed by atoms with Gasteiger partial charge in [-0.15, -0.1) is 0 Å². The van der Waals surface area contributed by atoms with Gasteiger partial charge in [0.05, 0.1) is 6.33 Å². The molecule has 0 aliphatic carbocycles. The molecule has 17 heavy (non-hydrogen) atoms. The van der Waals surface area contributed by atoms with Crippen LogP contribution in [0.15, 0.2) is 35.2 Å². The van der Waals surface area contributed by atoms with Gasteiger partial charge >= 0.3 is 0 Å². The molecule has 1 heterocycles. The van der Waals surface area contributed by atoms with Crippen molar-refractivity contribution in [2.75, 3.05) is 19.0 Å². The molecule has 1 aromatic carbocycles. The predicted molar refractivity (Wildman–Crippen MR) is 74.5 cm³/mol. The largest absolute Gasteiger partial charge is 0.378 e. The Morgan fingerprint density at radius 2 is 1.88 bits per heavy atom. The molecule has 0 radical (unpaired) electrons. The summed E-state index contributed by atoms with van der Waals surface area (Å²) in [7, 11) is 4.10. The van der Waals surface area contributed by atoms with Crippen LogP contribution in [-0.2, 0) is 12.8 Å². The van der Waals surface area contributed by atoms with E-state index in [2.05, 4.69) is 69.2 Å². The molecule has 0 aliphatic heterocycles. The van der Waals surface area contributed by atoms with Gasteiger partial charge in [0.1, 0.15) is 4.60 Å². The van der Waals surface area contributed by atoms with Gasteiger partial charge in [0.2, 0.25) is 0 Å². The smallest absolute Gasteiger partial charge is 0.127 e. The van der Waals surface area contributed by atoms with Gasteiger partial charge in [-0.3, -0.25) is 0 Å². The van der Waals surface area contributed by atoms with Gasteiger partial charge < -0.3 is 9.88 Å². The summed E-state index contributed by atoms with van der Waals surface area (Å²) in [6.07, 6.45) is 3.71. The lowest BCUT2D eigenvalue weighted by Gasteiger charge is -2.12. The number of aryl methyl sites for hydroxylation is 2. The van der Waals surface area contributed by atoms with Crippen molar-refractivity contribution in [3.8, 4) is 0 Å². The number of nitrogens with one attached hydrogen (secondary N) is 1. The third kappa shape index (κ3) is 3.09. The van der Waals surface area contributed by atoms with Crippen molar-refractivity contribution in [1.82, 2.24) is 9.97 Å². The van der Waals surface area contributed by atoms with E-state index in [0.29, 0.717) is 0 Å². The quantitative estimate of drug-likeness (QED) is 0.940. The molecule has 1 aromatic heterocycles. The summed E-state index contributed by atoms with van der Waals surface area (Å²) in [6, 6.07) is 8.66. The summed E-state index contributed by atoms with van der Waals surface area (Å²) in [6.45, 7) is 0. The number of hydrogen-bond acceptors (Lipinski definition) is 2. The topological polar surface area (TPSA) is 31.9 Å². The second-order valence-corrected chi connectivity index (χ2v) is 4.98. The molecule has 0 atom stereocenters. The van der Waals surface area contributed by atoms with Crippen LogP contribution in [0.5, 0.6) is 0 Å². The first-order valence-corrected chi connectivity index (χ1v) is 6.40. The molecule has 0 saturated heterocycles. The van der Waals surface area contributed by atoms with Gasteiger partial charge in [-0.25, -0.2) is 4.98 Å². The number of imidazole rings is 1. The van der Waals surface area contributed by atoms with Crippen LogP contribution in [0.3, 0.4) is 0 Å². The molecule has 0 spiro atoms. The summed E-state index contributed by atoms with van der Waals surface area (Å²) in [5.41, 5.74) is 3.73. The minimum atomic E-state index is 0.919. The highest BCUT2D eigenvalue weighted by atomic mass is 79.9. The Morgan fingerprint density at radius 1 is 1.18 bits per heavy atom. The normalized spacial score (nSPS) is 10.5. The molecule has 90 valence electrons. The number of hydrogen-bond donors (Lipinski definition) is 1. The molecule has 0 amide bonds. The second kappa shape index (κ2) is 5.36. The van der Waals surface area contributed by atoms with E-state index in [0.717, 1.165) is 23.1 Å². The van der Waals surface area contributed by atoms with Crippen molar-refractivity contribution in [3.05, 3.63) is 46.5 Å². The number of aromatic nitrogens is 2. The minimum absolute atomic E-state index is 0.919. The number of benzene rings is 1. The fraction of sp³-hybridized carbons (Fsp3) is 0.308. The molecular formula is C13H16BrN3. The van der Waals surface area contributed by atoms with Crippen LogP contribution in [-0.4, -0.2) is 24.1 Å². The van der Waals surface area contributed by atoms with E-state index >= 15 is 0 Å². The highest BCUT2D eigenvalue weighted by Gasteiger charge is 2.03. The molecular weight excluding hydrogens is 278 g/mol. The number of H-pyrrole nitrogens is 1. The van der Waals surface area contributed by atoms with Crippen LogP contribution >= 0.6 is 15.9 Å². The zero-order valence-corrected chi connectivity index (χ0v) is 11.7. The van der Waals surface area contributed by atoms with Crippen molar-refractivity contribution in [3.63, 3.8) is 0 Å². The summed E-state index contributed by atoms with van der Waals surface area (Å²) >= 11 is 3.42. The Bertz CT molecular complexity index is 474. The Labute approximate surface area is 110 Å². The molecule has 0 bridgehead atoms. The highest BCUT2D eigenvalue weighted by Crippen LogP contribution is 2.16. The van der Waals surface area contributed by atoms with Gasteiger partial charge in [0.15, 0.2) is 0 Å². The molecule has 2 aromatic rings. The highest BCUT2D eigenvalue weighted by molar-refractivity contribution is 9.10. The molecule has 0 unspecified atom stereocenters. The van der Waals surface area contributed by atoms with Crippen molar-refractivity contribution in [2.24, 2.45) is 0 Å².